The van der Waals surface area contributed by atoms with Gasteiger partial charge in [-0.05, 0) is 30.5 Å². The van der Waals surface area contributed by atoms with Crippen LogP contribution in [0, 0.1) is 0 Å². The molecule has 2 aromatic heterocycles. The number of carbonyl (C=O) groups is 1. The number of thiophene rings is 1. The molecule has 7 heteroatoms. The summed E-state index contributed by atoms with van der Waals surface area (Å²) in [4.78, 5) is 15.6. The van der Waals surface area contributed by atoms with E-state index in [0.717, 1.165) is 28.1 Å². The van der Waals surface area contributed by atoms with Crippen molar-refractivity contribution in [2.75, 3.05) is 17.2 Å². The van der Waals surface area contributed by atoms with Crippen molar-refractivity contribution in [3.05, 3.63) is 60.5 Å². The van der Waals surface area contributed by atoms with Crippen LogP contribution in [0.3, 0.4) is 0 Å². The molecule has 0 N–H and O–H groups in total. The topological polar surface area (TPSA) is 51.0 Å². The minimum absolute atomic E-state index is 0.0180. The second-order valence-electron chi connectivity index (χ2n) is 5.44. The van der Waals surface area contributed by atoms with Gasteiger partial charge in [-0.1, -0.05) is 42.1 Å². The van der Waals surface area contributed by atoms with Gasteiger partial charge >= 0.3 is 0 Å². The van der Waals surface area contributed by atoms with E-state index in [9.17, 15) is 4.79 Å². The Hall–Kier alpha value is -2.38. The molecule has 0 unspecified atom stereocenters. The van der Waals surface area contributed by atoms with Crippen LogP contribution in [0.25, 0.3) is 10.7 Å². The number of thioether (sulfide) groups is 1. The first kappa shape index (κ1) is 18.4. The Morgan fingerprint density at radius 3 is 2.73 bits per heavy atom. The molecule has 0 aliphatic heterocycles. The van der Waals surface area contributed by atoms with Crippen molar-refractivity contribution in [2.24, 2.45) is 0 Å². The first-order chi connectivity index (χ1) is 12.7. The van der Waals surface area contributed by atoms with Crippen molar-refractivity contribution in [1.82, 2.24) is 14.8 Å². The molecule has 0 atom stereocenters. The number of hydrogen-bond acceptors (Lipinski definition) is 5. The average Bonchev–Trinajstić information content (AvgIpc) is 3.33. The van der Waals surface area contributed by atoms with Gasteiger partial charge in [-0.3, -0.25) is 4.79 Å². The van der Waals surface area contributed by atoms with Crippen LogP contribution < -0.4 is 4.90 Å². The quantitative estimate of drug-likeness (QED) is 0.428. The zero-order chi connectivity index (χ0) is 18.4. The summed E-state index contributed by atoms with van der Waals surface area (Å²) in [6.07, 6.45) is 1.74. The van der Waals surface area contributed by atoms with Gasteiger partial charge in [0, 0.05) is 18.8 Å². The standard InChI is InChI=1S/C19H20N4OS2/c1-3-12-23(15-9-6-5-7-10-15)17(24)14-26-19-21-20-18(22(19)4-2)16-11-8-13-25-16/h3,5-11,13H,1,4,12,14H2,2H3. The van der Waals surface area contributed by atoms with Crippen molar-refractivity contribution in [3.8, 4) is 10.7 Å². The zero-order valence-corrected chi connectivity index (χ0v) is 16.2. The predicted octanol–water partition coefficient (Wildman–Crippen LogP) is 4.34. The van der Waals surface area contributed by atoms with Gasteiger partial charge in [0.25, 0.3) is 0 Å². The van der Waals surface area contributed by atoms with E-state index in [1.54, 1.807) is 22.3 Å². The third-order valence-electron chi connectivity index (χ3n) is 3.78. The number of para-hydroxylation sites is 1. The fraction of sp³-hybridized carbons (Fsp3) is 0.211. The fourth-order valence-corrected chi connectivity index (χ4v) is 4.16. The van der Waals surface area contributed by atoms with Crippen molar-refractivity contribution < 1.29 is 4.79 Å². The van der Waals surface area contributed by atoms with E-state index in [1.807, 2.05) is 52.4 Å². The highest BCUT2D eigenvalue weighted by molar-refractivity contribution is 7.99. The van der Waals surface area contributed by atoms with Crippen LogP contribution in [-0.4, -0.2) is 33.0 Å². The van der Waals surface area contributed by atoms with Crippen LogP contribution in [0.1, 0.15) is 6.92 Å². The lowest BCUT2D eigenvalue weighted by Gasteiger charge is -2.21. The Morgan fingerprint density at radius 1 is 1.27 bits per heavy atom. The Morgan fingerprint density at radius 2 is 2.08 bits per heavy atom. The number of nitrogens with zero attached hydrogens (tertiary/aromatic N) is 4. The van der Waals surface area contributed by atoms with Crippen molar-refractivity contribution >= 4 is 34.7 Å². The SMILES string of the molecule is C=CCN(C(=O)CSc1nnc(-c2cccs2)n1CC)c1ccccc1. The number of rotatable bonds is 8. The van der Waals surface area contributed by atoms with Crippen molar-refractivity contribution in [3.63, 3.8) is 0 Å². The lowest BCUT2D eigenvalue weighted by Crippen LogP contribution is -2.32. The van der Waals surface area contributed by atoms with Crippen LogP contribution in [-0.2, 0) is 11.3 Å². The van der Waals surface area contributed by atoms with E-state index in [4.69, 9.17) is 0 Å². The second kappa shape index (κ2) is 8.82. The number of anilines is 1. The molecule has 0 spiro atoms. The molecule has 1 aromatic carbocycles. The lowest BCUT2D eigenvalue weighted by molar-refractivity contribution is -0.116. The molecule has 1 amide bonds. The summed E-state index contributed by atoms with van der Waals surface area (Å²) in [5, 5.41) is 11.4. The van der Waals surface area contributed by atoms with Crippen molar-refractivity contribution in [1.29, 1.82) is 0 Å². The van der Waals surface area contributed by atoms with Gasteiger partial charge in [-0.25, -0.2) is 0 Å². The molecule has 0 radical (unpaired) electrons. The van der Waals surface area contributed by atoms with Gasteiger partial charge in [0.2, 0.25) is 5.91 Å². The summed E-state index contributed by atoms with van der Waals surface area (Å²) in [6.45, 7) is 7.05. The molecule has 0 aliphatic carbocycles. The monoisotopic (exact) mass is 384 g/mol. The molecule has 26 heavy (non-hydrogen) atoms. The Labute approximate surface area is 161 Å². The van der Waals surface area contributed by atoms with E-state index >= 15 is 0 Å². The maximum absolute atomic E-state index is 12.7. The van der Waals surface area contributed by atoms with Gasteiger partial charge in [-0.2, -0.15) is 0 Å². The third-order valence-corrected chi connectivity index (χ3v) is 5.60. The maximum Gasteiger partial charge on any atom is 0.237 e. The largest absolute Gasteiger partial charge is 0.308 e. The predicted molar refractivity (Wildman–Crippen MR) is 109 cm³/mol. The molecule has 0 aliphatic rings. The summed E-state index contributed by atoms with van der Waals surface area (Å²) in [5.41, 5.74) is 0.870. The van der Waals surface area contributed by atoms with Gasteiger partial charge < -0.3 is 9.47 Å². The van der Waals surface area contributed by atoms with E-state index < -0.39 is 0 Å². The Balaban J connectivity index is 1.73. The molecular weight excluding hydrogens is 364 g/mol. The summed E-state index contributed by atoms with van der Waals surface area (Å²) < 4.78 is 2.05. The first-order valence-electron chi connectivity index (χ1n) is 8.30. The summed E-state index contributed by atoms with van der Waals surface area (Å²) in [7, 11) is 0. The normalized spacial score (nSPS) is 10.7. The molecule has 0 bridgehead atoms. The highest BCUT2D eigenvalue weighted by Crippen LogP contribution is 2.27. The number of amides is 1. The van der Waals surface area contributed by atoms with Gasteiger partial charge in [0.1, 0.15) is 0 Å². The second-order valence-corrected chi connectivity index (χ2v) is 7.34. The van der Waals surface area contributed by atoms with Crippen LogP contribution in [0.5, 0.6) is 0 Å². The fourth-order valence-electron chi connectivity index (χ4n) is 2.56. The minimum atomic E-state index is 0.0180. The minimum Gasteiger partial charge on any atom is -0.308 e. The summed E-state index contributed by atoms with van der Waals surface area (Å²) in [5.74, 6) is 1.17. The molecule has 3 rings (SSSR count). The first-order valence-corrected chi connectivity index (χ1v) is 10.2. The van der Waals surface area contributed by atoms with E-state index in [1.165, 1.54) is 11.8 Å². The van der Waals surface area contributed by atoms with Crippen LogP contribution in [0.2, 0.25) is 0 Å². The average molecular weight is 385 g/mol. The third kappa shape index (κ3) is 4.05. The van der Waals surface area contributed by atoms with Gasteiger partial charge in [0.15, 0.2) is 11.0 Å². The zero-order valence-electron chi connectivity index (χ0n) is 14.5. The molecule has 0 fully saturated rings. The van der Waals surface area contributed by atoms with Crippen LogP contribution >= 0.6 is 23.1 Å². The van der Waals surface area contributed by atoms with Gasteiger partial charge in [0.05, 0.1) is 10.6 Å². The number of hydrogen-bond donors (Lipinski definition) is 0. The number of benzene rings is 1. The van der Waals surface area contributed by atoms with E-state index in [2.05, 4.69) is 23.7 Å². The van der Waals surface area contributed by atoms with Crippen LogP contribution in [0.15, 0.2) is 65.7 Å². The smallest absolute Gasteiger partial charge is 0.237 e. The molecule has 5 nitrogen and oxygen atoms in total. The number of carbonyl (C=O) groups excluding carboxylic acids is 1. The molecule has 3 aromatic rings. The summed E-state index contributed by atoms with van der Waals surface area (Å²) in [6, 6.07) is 13.7. The molecule has 2 heterocycles. The Kier molecular flexibility index (Phi) is 6.25. The molecule has 0 saturated heterocycles. The maximum atomic E-state index is 12.7. The van der Waals surface area contributed by atoms with Crippen LogP contribution in [0.4, 0.5) is 5.69 Å². The van der Waals surface area contributed by atoms with E-state index in [0.29, 0.717) is 12.3 Å². The van der Waals surface area contributed by atoms with Gasteiger partial charge in [-0.15, -0.1) is 28.1 Å². The molecule has 0 saturated carbocycles. The van der Waals surface area contributed by atoms with E-state index in [-0.39, 0.29) is 5.91 Å². The molecular formula is C19H20N4OS2. The number of aromatic nitrogens is 3. The van der Waals surface area contributed by atoms with Crippen molar-refractivity contribution in [2.45, 2.75) is 18.6 Å². The lowest BCUT2D eigenvalue weighted by atomic mass is 10.3. The summed E-state index contributed by atoms with van der Waals surface area (Å²) >= 11 is 3.05. The molecule has 134 valence electrons. The highest BCUT2D eigenvalue weighted by atomic mass is 32.2. The highest BCUT2D eigenvalue weighted by Gasteiger charge is 2.18. The Bertz CT molecular complexity index is 859.